The van der Waals surface area contributed by atoms with Gasteiger partial charge in [0.15, 0.2) is 6.10 Å². The maximum Gasteiger partial charge on any atom is 0.332 e. The summed E-state index contributed by atoms with van der Waals surface area (Å²) in [5.74, 6) is -1.32. The summed E-state index contributed by atoms with van der Waals surface area (Å²) >= 11 is 0. The highest BCUT2D eigenvalue weighted by molar-refractivity contribution is 5.79. The first kappa shape index (κ1) is 12.7. The molecule has 0 saturated carbocycles. The van der Waals surface area contributed by atoms with Gasteiger partial charge in [-0.15, -0.1) is 0 Å². The minimum absolute atomic E-state index is 0.00743. The summed E-state index contributed by atoms with van der Waals surface area (Å²) < 4.78 is 0. The number of carboxylic acid groups (broad SMARTS) is 1. The molecule has 0 bridgehead atoms. The van der Waals surface area contributed by atoms with Gasteiger partial charge in [0.25, 0.3) is 0 Å². The van der Waals surface area contributed by atoms with Gasteiger partial charge in [0.1, 0.15) is 0 Å². The van der Waals surface area contributed by atoms with Crippen molar-refractivity contribution in [3.05, 3.63) is 12.2 Å². The summed E-state index contributed by atoms with van der Waals surface area (Å²) in [7, 11) is 0. The first-order valence-corrected chi connectivity index (χ1v) is 5.45. The number of amides is 1. The van der Waals surface area contributed by atoms with Crippen molar-refractivity contribution in [1.82, 2.24) is 5.32 Å². The first-order valence-electron chi connectivity index (χ1n) is 5.45. The van der Waals surface area contributed by atoms with Crippen LogP contribution in [0.3, 0.4) is 0 Å². The number of carbonyl (C=O) groups is 2. The second-order valence-corrected chi connectivity index (χ2v) is 3.92. The molecule has 1 aliphatic rings. The Labute approximate surface area is 94.2 Å². The van der Waals surface area contributed by atoms with Crippen molar-refractivity contribution in [2.75, 3.05) is 6.54 Å². The number of nitrogens with one attached hydrogen (secondary N) is 1. The minimum atomic E-state index is -1.40. The summed E-state index contributed by atoms with van der Waals surface area (Å²) in [5.41, 5.74) is 0. The van der Waals surface area contributed by atoms with E-state index in [1.807, 2.05) is 6.08 Å². The number of aliphatic carboxylic acids is 1. The van der Waals surface area contributed by atoms with Gasteiger partial charge in [-0.3, -0.25) is 4.79 Å². The SMILES string of the molecule is O=C(NCC[C@H](O)C(=O)O)C1CC=CCC1. The number of aliphatic hydroxyl groups excluding tert-OH is 1. The van der Waals surface area contributed by atoms with E-state index in [4.69, 9.17) is 10.2 Å². The van der Waals surface area contributed by atoms with Crippen molar-refractivity contribution in [3.63, 3.8) is 0 Å². The molecule has 0 heterocycles. The number of hydrogen-bond donors (Lipinski definition) is 3. The molecule has 2 atom stereocenters. The monoisotopic (exact) mass is 227 g/mol. The molecule has 5 heteroatoms. The lowest BCUT2D eigenvalue weighted by Crippen LogP contribution is -2.34. The van der Waals surface area contributed by atoms with Gasteiger partial charge in [0.05, 0.1) is 0 Å². The third kappa shape index (κ3) is 4.02. The molecule has 16 heavy (non-hydrogen) atoms. The molecule has 1 aliphatic carbocycles. The minimum Gasteiger partial charge on any atom is -0.479 e. The number of carboxylic acids is 1. The van der Waals surface area contributed by atoms with Crippen LogP contribution in [0.2, 0.25) is 0 Å². The van der Waals surface area contributed by atoms with Gasteiger partial charge < -0.3 is 15.5 Å². The van der Waals surface area contributed by atoms with Crippen molar-refractivity contribution in [2.24, 2.45) is 5.92 Å². The van der Waals surface area contributed by atoms with E-state index in [1.54, 1.807) is 0 Å². The molecule has 0 spiro atoms. The molecule has 1 amide bonds. The maximum atomic E-state index is 11.6. The predicted octanol–water partition coefficient (Wildman–Crippen LogP) is 0.294. The van der Waals surface area contributed by atoms with Crippen LogP contribution in [0.4, 0.5) is 0 Å². The van der Waals surface area contributed by atoms with Crippen LogP contribution in [-0.4, -0.2) is 34.7 Å². The highest BCUT2D eigenvalue weighted by Gasteiger charge is 2.19. The lowest BCUT2D eigenvalue weighted by molar-refractivity contribution is -0.147. The molecule has 1 unspecified atom stereocenters. The Morgan fingerprint density at radius 3 is 2.75 bits per heavy atom. The van der Waals surface area contributed by atoms with Crippen molar-refractivity contribution < 1.29 is 19.8 Å². The topological polar surface area (TPSA) is 86.6 Å². The van der Waals surface area contributed by atoms with Gasteiger partial charge in [0.2, 0.25) is 5.91 Å². The Kier molecular flexibility index (Phi) is 4.98. The molecular formula is C11H17NO4. The summed E-state index contributed by atoms with van der Waals surface area (Å²) in [4.78, 5) is 21.9. The maximum absolute atomic E-state index is 11.6. The van der Waals surface area contributed by atoms with E-state index >= 15 is 0 Å². The van der Waals surface area contributed by atoms with Crippen LogP contribution in [-0.2, 0) is 9.59 Å². The van der Waals surface area contributed by atoms with E-state index in [0.29, 0.717) is 0 Å². The summed E-state index contributed by atoms with van der Waals surface area (Å²) in [5, 5.41) is 20.1. The smallest absolute Gasteiger partial charge is 0.332 e. The fraction of sp³-hybridized carbons (Fsp3) is 0.636. The van der Waals surface area contributed by atoms with Crippen molar-refractivity contribution in [2.45, 2.75) is 31.8 Å². The van der Waals surface area contributed by atoms with E-state index < -0.39 is 12.1 Å². The van der Waals surface area contributed by atoms with E-state index in [-0.39, 0.29) is 24.8 Å². The lowest BCUT2D eigenvalue weighted by Gasteiger charge is -2.17. The van der Waals surface area contributed by atoms with Crippen LogP contribution in [0.5, 0.6) is 0 Å². The Hall–Kier alpha value is -1.36. The Morgan fingerprint density at radius 1 is 1.44 bits per heavy atom. The van der Waals surface area contributed by atoms with E-state index in [1.165, 1.54) is 0 Å². The summed E-state index contributed by atoms with van der Waals surface area (Å²) in [6, 6.07) is 0. The summed E-state index contributed by atoms with van der Waals surface area (Å²) in [6.45, 7) is 0.201. The number of hydrogen-bond acceptors (Lipinski definition) is 3. The predicted molar refractivity (Wildman–Crippen MR) is 57.8 cm³/mol. The zero-order valence-electron chi connectivity index (χ0n) is 9.06. The second-order valence-electron chi connectivity index (χ2n) is 3.92. The molecule has 0 fully saturated rings. The molecule has 90 valence electrons. The quantitative estimate of drug-likeness (QED) is 0.589. The normalized spacial score (nSPS) is 21.4. The van der Waals surface area contributed by atoms with Crippen LogP contribution in [0.15, 0.2) is 12.2 Å². The average Bonchev–Trinajstić information content (AvgIpc) is 2.29. The largest absolute Gasteiger partial charge is 0.479 e. The molecule has 0 aromatic carbocycles. The van der Waals surface area contributed by atoms with Crippen molar-refractivity contribution in [3.8, 4) is 0 Å². The molecule has 5 nitrogen and oxygen atoms in total. The van der Waals surface area contributed by atoms with E-state index in [2.05, 4.69) is 11.4 Å². The van der Waals surface area contributed by atoms with Gasteiger partial charge >= 0.3 is 5.97 Å². The van der Waals surface area contributed by atoms with Crippen LogP contribution in [0.1, 0.15) is 25.7 Å². The number of aliphatic hydroxyl groups is 1. The fourth-order valence-electron chi connectivity index (χ4n) is 1.63. The van der Waals surface area contributed by atoms with Crippen molar-refractivity contribution in [1.29, 1.82) is 0 Å². The molecule has 0 aliphatic heterocycles. The fourth-order valence-corrected chi connectivity index (χ4v) is 1.63. The van der Waals surface area contributed by atoms with Crippen molar-refractivity contribution >= 4 is 11.9 Å². The molecule has 0 aromatic heterocycles. The van der Waals surface area contributed by atoms with Crippen LogP contribution in [0, 0.1) is 5.92 Å². The first-order chi connectivity index (χ1) is 7.61. The molecule has 0 radical (unpaired) electrons. The molecule has 1 rings (SSSR count). The van der Waals surface area contributed by atoms with Gasteiger partial charge in [-0.1, -0.05) is 12.2 Å². The lowest BCUT2D eigenvalue weighted by atomic mass is 9.94. The number of rotatable bonds is 5. The summed E-state index contributed by atoms with van der Waals surface area (Å²) in [6.07, 6.45) is 5.18. The van der Waals surface area contributed by atoms with Gasteiger partial charge in [-0.2, -0.15) is 0 Å². The van der Waals surface area contributed by atoms with E-state index in [9.17, 15) is 9.59 Å². The van der Waals surface area contributed by atoms with Crippen LogP contribution in [0.25, 0.3) is 0 Å². The van der Waals surface area contributed by atoms with Gasteiger partial charge in [-0.25, -0.2) is 4.79 Å². The Balaban J connectivity index is 2.19. The molecule has 0 aromatic rings. The number of carbonyl (C=O) groups excluding carboxylic acids is 1. The Morgan fingerprint density at radius 2 is 2.19 bits per heavy atom. The molecule has 3 N–H and O–H groups in total. The second kappa shape index (κ2) is 6.27. The molecular weight excluding hydrogens is 210 g/mol. The van der Waals surface area contributed by atoms with Gasteiger partial charge in [0, 0.05) is 18.9 Å². The van der Waals surface area contributed by atoms with Crippen LogP contribution >= 0.6 is 0 Å². The van der Waals surface area contributed by atoms with E-state index in [0.717, 1.165) is 19.3 Å². The average molecular weight is 227 g/mol. The van der Waals surface area contributed by atoms with Crippen LogP contribution < -0.4 is 5.32 Å². The third-order valence-electron chi connectivity index (χ3n) is 2.64. The standard InChI is InChI=1S/C11H17NO4/c13-9(11(15)16)6-7-12-10(14)8-4-2-1-3-5-8/h1-2,8-9,13H,3-7H2,(H,12,14)(H,15,16)/t8?,9-/m0/s1. The van der Waals surface area contributed by atoms with Gasteiger partial charge in [-0.05, 0) is 19.3 Å². The Bertz CT molecular complexity index is 288. The highest BCUT2D eigenvalue weighted by atomic mass is 16.4. The highest BCUT2D eigenvalue weighted by Crippen LogP contribution is 2.17. The third-order valence-corrected chi connectivity index (χ3v) is 2.64. The zero-order chi connectivity index (χ0) is 12.0. The zero-order valence-corrected chi connectivity index (χ0v) is 9.06. The number of allylic oxidation sites excluding steroid dienone is 2. The molecule has 0 saturated heterocycles.